The molecule has 0 aliphatic rings. The van der Waals surface area contributed by atoms with Crippen LogP contribution in [0.1, 0.15) is 10.4 Å². The second-order valence-corrected chi connectivity index (χ2v) is 4.19. The zero-order valence-corrected chi connectivity index (χ0v) is 10.1. The molecule has 0 saturated heterocycles. The van der Waals surface area contributed by atoms with Gasteiger partial charge >= 0.3 is 24.8 Å². The van der Waals surface area contributed by atoms with E-state index in [4.69, 9.17) is 0 Å². The van der Waals surface area contributed by atoms with Gasteiger partial charge in [-0.25, -0.2) is 13.2 Å². The van der Waals surface area contributed by atoms with E-state index < -0.39 is 21.0 Å². The van der Waals surface area contributed by atoms with Crippen molar-refractivity contribution in [3.05, 3.63) is 42.5 Å². The first kappa shape index (κ1) is 15.9. The summed E-state index contributed by atoms with van der Waals surface area (Å²) >= 11 is 0. The topological polar surface area (TPSA) is 83.5 Å². The normalized spacial score (nSPS) is 10.2. The fraction of sp³-hybridized carbons (Fsp3) is 0.100. The number of hydrogen-bond acceptors (Lipinski definition) is 5. The molecule has 5 nitrogen and oxygen atoms in total. The van der Waals surface area contributed by atoms with Gasteiger partial charge in [0.2, 0.25) is 0 Å². The van der Waals surface area contributed by atoms with E-state index in [1.165, 1.54) is 24.3 Å². The van der Waals surface area contributed by atoms with Gasteiger partial charge in [0.05, 0.1) is 10.5 Å². The van der Waals surface area contributed by atoms with Crippen LogP contribution >= 0.6 is 0 Å². The maximum Gasteiger partial charge on any atom is 1.00 e. The second-order valence-electron chi connectivity index (χ2n) is 2.84. The van der Waals surface area contributed by atoms with Crippen molar-refractivity contribution in [2.45, 2.75) is 4.90 Å². The Morgan fingerprint density at radius 2 is 2.00 bits per heavy atom. The predicted octanol–water partition coefficient (Wildman–Crippen LogP) is -2.06. The van der Waals surface area contributed by atoms with Crippen LogP contribution in [0.5, 0.6) is 0 Å². The first-order valence-electron chi connectivity index (χ1n) is 4.29. The molecule has 1 rings (SSSR count). The molecular formula is C10H9LiO5S. The summed E-state index contributed by atoms with van der Waals surface area (Å²) in [5.74, 6) is -0.866. The quantitative estimate of drug-likeness (QED) is 0.265. The van der Waals surface area contributed by atoms with Crippen molar-refractivity contribution in [1.82, 2.24) is 0 Å². The van der Waals surface area contributed by atoms with Crippen LogP contribution in [0.15, 0.2) is 41.8 Å². The molecule has 17 heavy (non-hydrogen) atoms. The van der Waals surface area contributed by atoms with Crippen LogP contribution in [0.3, 0.4) is 0 Å². The minimum absolute atomic E-state index is 0. The van der Waals surface area contributed by atoms with Crippen molar-refractivity contribution in [2.24, 2.45) is 0 Å². The number of esters is 1. The molecule has 1 aromatic carbocycles. The first-order valence-corrected chi connectivity index (χ1v) is 5.70. The van der Waals surface area contributed by atoms with Crippen molar-refractivity contribution < 1.29 is 41.4 Å². The van der Waals surface area contributed by atoms with Crippen LogP contribution in [0, 0.1) is 0 Å². The van der Waals surface area contributed by atoms with Crippen molar-refractivity contribution in [2.75, 3.05) is 6.61 Å². The van der Waals surface area contributed by atoms with Crippen LogP contribution in [0.25, 0.3) is 0 Å². The maximum absolute atomic E-state index is 11.4. The Hall–Kier alpha value is -1.06. The van der Waals surface area contributed by atoms with E-state index in [1.807, 2.05) is 0 Å². The third-order valence-corrected chi connectivity index (χ3v) is 2.60. The van der Waals surface area contributed by atoms with E-state index in [9.17, 15) is 17.8 Å². The molecule has 0 N–H and O–H groups in total. The molecule has 0 amide bonds. The molecule has 0 aromatic heterocycles. The summed E-state index contributed by atoms with van der Waals surface area (Å²) < 4.78 is 37.2. The van der Waals surface area contributed by atoms with Gasteiger partial charge in [-0.05, 0) is 12.1 Å². The Labute approximate surface area is 111 Å². The smallest absolute Gasteiger partial charge is 0.744 e. The molecule has 86 valence electrons. The maximum atomic E-state index is 11.4. The van der Waals surface area contributed by atoms with Gasteiger partial charge in [-0.3, -0.25) is 0 Å². The van der Waals surface area contributed by atoms with E-state index in [0.717, 1.165) is 6.07 Å². The largest absolute Gasteiger partial charge is 1.00 e. The minimum Gasteiger partial charge on any atom is -0.744 e. The Morgan fingerprint density at radius 1 is 1.41 bits per heavy atom. The number of rotatable bonds is 4. The number of carbonyl (C=O) groups is 1. The molecule has 7 heteroatoms. The van der Waals surface area contributed by atoms with Crippen LogP contribution in [-0.2, 0) is 14.9 Å². The number of carbonyl (C=O) groups excluding carboxylic acids is 1. The Morgan fingerprint density at radius 3 is 2.53 bits per heavy atom. The molecule has 1 aromatic rings. The fourth-order valence-electron chi connectivity index (χ4n) is 1.07. The molecule has 0 fully saturated rings. The summed E-state index contributed by atoms with van der Waals surface area (Å²) in [6.07, 6.45) is 1.34. The van der Waals surface area contributed by atoms with Gasteiger partial charge < -0.3 is 9.29 Å². The van der Waals surface area contributed by atoms with Crippen LogP contribution in [-0.4, -0.2) is 25.5 Å². The van der Waals surface area contributed by atoms with E-state index in [-0.39, 0.29) is 31.0 Å². The van der Waals surface area contributed by atoms with E-state index >= 15 is 0 Å². The summed E-state index contributed by atoms with van der Waals surface area (Å²) in [6.45, 7) is 3.29. The van der Waals surface area contributed by atoms with E-state index in [2.05, 4.69) is 11.3 Å². The van der Waals surface area contributed by atoms with Gasteiger partial charge in [-0.15, -0.1) is 0 Å². The molecule has 0 aliphatic carbocycles. The van der Waals surface area contributed by atoms with Crippen LogP contribution in [0.2, 0.25) is 0 Å². The van der Waals surface area contributed by atoms with Crippen molar-refractivity contribution >= 4 is 16.1 Å². The van der Waals surface area contributed by atoms with Gasteiger partial charge in [0.1, 0.15) is 16.7 Å². The summed E-state index contributed by atoms with van der Waals surface area (Å²) in [6, 6.07) is 5.08. The molecule has 0 aliphatic heterocycles. The van der Waals surface area contributed by atoms with Crippen LogP contribution < -0.4 is 18.9 Å². The minimum atomic E-state index is -4.68. The first-order chi connectivity index (χ1) is 7.46. The number of hydrogen-bond donors (Lipinski definition) is 0. The summed E-state index contributed by atoms with van der Waals surface area (Å²) in [4.78, 5) is 10.8. The average Bonchev–Trinajstić information content (AvgIpc) is 2.24. The van der Waals surface area contributed by atoms with Crippen molar-refractivity contribution in [1.29, 1.82) is 0 Å². The average molecular weight is 248 g/mol. The number of ether oxygens (including phenoxy) is 1. The van der Waals surface area contributed by atoms with Gasteiger partial charge in [0, 0.05) is 0 Å². The van der Waals surface area contributed by atoms with Crippen LogP contribution in [0.4, 0.5) is 0 Å². The molecule has 0 spiro atoms. The van der Waals surface area contributed by atoms with E-state index in [1.54, 1.807) is 0 Å². The van der Waals surface area contributed by atoms with Gasteiger partial charge in [-0.1, -0.05) is 24.8 Å². The zero-order valence-electron chi connectivity index (χ0n) is 9.25. The standard InChI is InChI=1S/C10H10O5S.Li/c1-2-7-15-10(11)8-5-3-4-6-9(8)16(12,13)14;/h2-6H,1,7H2,(H,12,13,14);/q;+1/p-1. The van der Waals surface area contributed by atoms with Gasteiger partial charge in [0.15, 0.2) is 0 Å². The van der Waals surface area contributed by atoms with Crippen molar-refractivity contribution in [3.8, 4) is 0 Å². The Kier molecular flexibility index (Phi) is 6.21. The molecule has 0 saturated carbocycles. The molecule has 0 heterocycles. The second kappa shape index (κ2) is 6.62. The Balaban J connectivity index is 0.00000256. The fourth-order valence-corrected chi connectivity index (χ4v) is 1.73. The number of benzene rings is 1. The summed E-state index contributed by atoms with van der Waals surface area (Å²) in [7, 11) is -4.68. The third kappa shape index (κ3) is 4.36. The molecule has 0 bridgehead atoms. The molecule has 0 unspecified atom stereocenters. The Bertz CT molecular complexity index is 509. The van der Waals surface area contributed by atoms with Gasteiger partial charge in [0.25, 0.3) is 0 Å². The molecule has 0 atom stereocenters. The van der Waals surface area contributed by atoms with Gasteiger partial charge in [-0.2, -0.15) is 0 Å². The summed E-state index contributed by atoms with van der Waals surface area (Å²) in [5, 5.41) is 0. The third-order valence-electron chi connectivity index (χ3n) is 1.71. The SMILES string of the molecule is C=CCOC(=O)c1ccccc1S(=O)(=O)[O-].[Li+]. The molecule has 0 radical (unpaired) electrons. The van der Waals surface area contributed by atoms with E-state index in [0.29, 0.717) is 0 Å². The summed E-state index contributed by atoms with van der Waals surface area (Å²) in [5.41, 5.74) is -0.264. The predicted molar refractivity (Wildman–Crippen MR) is 54.9 cm³/mol. The van der Waals surface area contributed by atoms with Crippen molar-refractivity contribution in [3.63, 3.8) is 0 Å². The molecular weight excluding hydrogens is 239 g/mol. The zero-order chi connectivity index (χ0) is 12.2. The monoisotopic (exact) mass is 248 g/mol.